The van der Waals surface area contributed by atoms with Crippen molar-refractivity contribution in [3.05, 3.63) is 16.5 Å². The lowest BCUT2D eigenvalue weighted by molar-refractivity contribution is 0.0935. The van der Waals surface area contributed by atoms with Crippen LogP contribution in [-0.4, -0.2) is 19.9 Å². The molecule has 1 saturated carbocycles. The molecule has 0 spiro atoms. The number of nitrogens with one attached hydrogen (secondary N) is 1. The van der Waals surface area contributed by atoms with Crippen LogP contribution in [-0.2, 0) is 10.0 Å². The van der Waals surface area contributed by atoms with Gasteiger partial charge in [0.1, 0.15) is 4.21 Å². The molecule has 1 amide bonds. The van der Waals surface area contributed by atoms with Crippen LogP contribution in [0.1, 0.15) is 35.7 Å². The molecule has 0 aliphatic heterocycles. The Kier molecular flexibility index (Phi) is 2.80. The molecular formula is C10H14N2O3S2. The fraction of sp³-hybridized carbons (Fsp3) is 0.500. The molecule has 0 atom stereocenters. The number of hydrogen-bond donors (Lipinski definition) is 2. The standard InChI is InChI=1S/C10H14N2O3S2/c1-6-7(5-16-9(6)17(11,14)15)8(13)12-10(2)3-4-10/h5H,3-4H2,1-2H3,(H,12,13)(H2,11,14,15). The fourth-order valence-corrected chi connectivity index (χ4v) is 3.57. The molecular weight excluding hydrogens is 260 g/mol. The van der Waals surface area contributed by atoms with Gasteiger partial charge < -0.3 is 5.32 Å². The molecule has 1 aromatic rings. The molecule has 7 heteroatoms. The van der Waals surface area contributed by atoms with Gasteiger partial charge in [0.2, 0.25) is 10.0 Å². The number of carbonyl (C=O) groups is 1. The fourth-order valence-electron chi connectivity index (χ4n) is 1.56. The number of hydrogen-bond acceptors (Lipinski definition) is 4. The summed E-state index contributed by atoms with van der Waals surface area (Å²) < 4.78 is 22.5. The number of amides is 1. The van der Waals surface area contributed by atoms with Gasteiger partial charge in [-0.3, -0.25) is 4.79 Å². The van der Waals surface area contributed by atoms with Crippen LogP contribution in [0, 0.1) is 6.92 Å². The topological polar surface area (TPSA) is 89.3 Å². The summed E-state index contributed by atoms with van der Waals surface area (Å²) in [6.07, 6.45) is 1.92. The zero-order valence-corrected chi connectivity index (χ0v) is 11.2. The van der Waals surface area contributed by atoms with E-state index in [0.717, 1.165) is 24.2 Å². The zero-order valence-electron chi connectivity index (χ0n) is 9.61. The highest BCUT2D eigenvalue weighted by atomic mass is 32.2. The van der Waals surface area contributed by atoms with Crippen LogP contribution in [0.15, 0.2) is 9.59 Å². The lowest BCUT2D eigenvalue weighted by atomic mass is 10.2. The first-order valence-corrected chi connectivity index (χ1v) is 7.59. The molecule has 0 bridgehead atoms. The highest BCUT2D eigenvalue weighted by Gasteiger charge is 2.39. The van der Waals surface area contributed by atoms with Crippen molar-refractivity contribution in [1.29, 1.82) is 0 Å². The van der Waals surface area contributed by atoms with Gasteiger partial charge in [0.05, 0.1) is 5.56 Å². The monoisotopic (exact) mass is 274 g/mol. The molecule has 1 aliphatic carbocycles. The van der Waals surface area contributed by atoms with E-state index in [1.54, 1.807) is 6.92 Å². The van der Waals surface area contributed by atoms with E-state index in [1.165, 1.54) is 5.38 Å². The highest BCUT2D eigenvalue weighted by molar-refractivity contribution is 7.91. The summed E-state index contributed by atoms with van der Waals surface area (Å²) >= 11 is 0.984. The molecule has 0 unspecified atom stereocenters. The Morgan fingerprint density at radius 2 is 2.12 bits per heavy atom. The van der Waals surface area contributed by atoms with Crippen LogP contribution < -0.4 is 10.5 Å². The summed E-state index contributed by atoms with van der Waals surface area (Å²) in [4.78, 5) is 11.9. The first-order valence-electron chi connectivity index (χ1n) is 5.16. The number of thiophene rings is 1. The predicted molar refractivity (Wildman–Crippen MR) is 65.5 cm³/mol. The maximum absolute atomic E-state index is 11.9. The maximum Gasteiger partial charge on any atom is 0.252 e. The number of rotatable bonds is 3. The molecule has 0 saturated heterocycles. The summed E-state index contributed by atoms with van der Waals surface area (Å²) in [5.41, 5.74) is 0.708. The summed E-state index contributed by atoms with van der Waals surface area (Å²) in [5, 5.41) is 9.48. The van der Waals surface area contributed by atoms with Gasteiger partial charge in [-0.15, -0.1) is 11.3 Å². The molecule has 17 heavy (non-hydrogen) atoms. The summed E-state index contributed by atoms with van der Waals surface area (Å²) in [6.45, 7) is 3.56. The number of carbonyl (C=O) groups excluding carboxylic acids is 1. The van der Waals surface area contributed by atoms with Crippen LogP contribution in [0.3, 0.4) is 0 Å². The number of primary sulfonamides is 1. The smallest absolute Gasteiger partial charge is 0.252 e. The van der Waals surface area contributed by atoms with Gasteiger partial charge in [0.15, 0.2) is 0 Å². The molecule has 94 valence electrons. The van der Waals surface area contributed by atoms with Crippen molar-refractivity contribution >= 4 is 27.3 Å². The number of nitrogens with two attached hydrogens (primary N) is 1. The molecule has 0 aromatic carbocycles. The minimum absolute atomic E-state index is 0.0589. The van der Waals surface area contributed by atoms with Crippen LogP contribution in [0.5, 0.6) is 0 Å². The van der Waals surface area contributed by atoms with E-state index in [1.807, 2.05) is 6.92 Å². The van der Waals surface area contributed by atoms with Gasteiger partial charge in [-0.1, -0.05) is 0 Å². The quantitative estimate of drug-likeness (QED) is 0.861. The molecule has 1 heterocycles. The second-order valence-corrected chi connectivity index (χ2v) is 7.26. The normalized spacial score (nSPS) is 17.8. The lowest BCUT2D eigenvalue weighted by Gasteiger charge is -2.10. The van der Waals surface area contributed by atoms with Crippen molar-refractivity contribution < 1.29 is 13.2 Å². The van der Waals surface area contributed by atoms with Crippen molar-refractivity contribution in [2.45, 2.75) is 36.4 Å². The van der Waals surface area contributed by atoms with E-state index in [9.17, 15) is 13.2 Å². The van der Waals surface area contributed by atoms with E-state index in [4.69, 9.17) is 5.14 Å². The van der Waals surface area contributed by atoms with Gasteiger partial charge >= 0.3 is 0 Å². The van der Waals surface area contributed by atoms with Crippen LogP contribution >= 0.6 is 11.3 Å². The van der Waals surface area contributed by atoms with Crippen LogP contribution in [0.4, 0.5) is 0 Å². The molecule has 3 N–H and O–H groups in total. The summed E-state index contributed by atoms with van der Waals surface area (Å²) in [5.74, 6) is -0.228. The minimum atomic E-state index is -3.74. The minimum Gasteiger partial charge on any atom is -0.347 e. The molecule has 2 rings (SSSR count). The van der Waals surface area contributed by atoms with Gasteiger partial charge in [0.25, 0.3) is 5.91 Å². The Labute approximate surface area is 104 Å². The van der Waals surface area contributed by atoms with Gasteiger partial charge in [-0.2, -0.15) is 0 Å². The van der Waals surface area contributed by atoms with Crippen LogP contribution in [0.2, 0.25) is 0 Å². The largest absolute Gasteiger partial charge is 0.347 e. The molecule has 0 radical (unpaired) electrons. The van der Waals surface area contributed by atoms with E-state index in [2.05, 4.69) is 5.32 Å². The zero-order chi connectivity index (χ0) is 12.8. The molecule has 1 fully saturated rings. The Hall–Kier alpha value is -0.920. The molecule has 5 nitrogen and oxygen atoms in total. The number of sulfonamides is 1. The molecule has 1 aliphatic rings. The second-order valence-electron chi connectivity index (χ2n) is 4.62. The third-order valence-corrected chi connectivity index (χ3v) is 5.59. The third kappa shape index (κ3) is 2.51. The lowest BCUT2D eigenvalue weighted by Crippen LogP contribution is -2.34. The van der Waals surface area contributed by atoms with Crippen LogP contribution in [0.25, 0.3) is 0 Å². The Morgan fingerprint density at radius 3 is 2.53 bits per heavy atom. The summed E-state index contributed by atoms with van der Waals surface area (Å²) in [7, 11) is -3.74. The Morgan fingerprint density at radius 1 is 1.53 bits per heavy atom. The summed E-state index contributed by atoms with van der Waals surface area (Å²) in [6, 6.07) is 0. The van der Waals surface area contributed by atoms with E-state index in [0.29, 0.717) is 11.1 Å². The first kappa shape index (κ1) is 12.5. The van der Waals surface area contributed by atoms with Crippen molar-refractivity contribution in [3.63, 3.8) is 0 Å². The highest BCUT2D eigenvalue weighted by Crippen LogP contribution is 2.35. The average molecular weight is 274 g/mol. The van der Waals surface area contributed by atoms with E-state index >= 15 is 0 Å². The van der Waals surface area contributed by atoms with Crippen molar-refractivity contribution in [1.82, 2.24) is 5.32 Å². The third-order valence-electron chi connectivity index (χ3n) is 2.91. The molecule has 1 aromatic heterocycles. The van der Waals surface area contributed by atoms with Gasteiger partial charge in [-0.25, -0.2) is 13.6 Å². The average Bonchev–Trinajstić information content (AvgIpc) is 2.75. The van der Waals surface area contributed by atoms with Crippen molar-refractivity contribution in [3.8, 4) is 0 Å². The Balaban J connectivity index is 2.28. The van der Waals surface area contributed by atoms with Crippen molar-refractivity contribution in [2.24, 2.45) is 5.14 Å². The van der Waals surface area contributed by atoms with Crippen molar-refractivity contribution in [2.75, 3.05) is 0 Å². The maximum atomic E-state index is 11.9. The van der Waals surface area contributed by atoms with E-state index < -0.39 is 10.0 Å². The second kappa shape index (κ2) is 3.79. The van der Waals surface area contributed by atoms with E-state index in [-0.39, 0.29) is 15.7 Å². The SMILES string of the molecule is Cc1c(C(=O)NC2(C)CC2)csc1S(N)(=O)=O. The Bertz CT molecular complexity index is 570. The van der Waals surface area contributed by atoms with Gasteiger partial charge in [0, 0.05) is 10.9 Å². The predicted octanol–water partition coefficient (Wildman–Crippen LogP) is 0.986. The first-order chi connectivity index (χ1) is 7.73. The van der Waals surface area contributed by atoms with Gasteiger partial charge in [-0.05, 0) is 32.3 Å².